The molecule has 2 aromatic heterocycles. The maximum Gasteiger partial charge on any atom is 0.233 e. The van der Waals surface area contributed by atoms with E-state index in [-0.39, 0.29) is 17.2 Å². The van der Waals surface area contributed by atoms with Gasteiger partial charge in [-0.1, -0.05) is 48.2 Å². The molecule has 0 aliphatic carbocycles. The predicted octanol–water partition coefficient (Wildman–Crippen LogP) is 3.69. The Labute approximate surface area is 139 Å². The van der Waals surface area contributed by atoms with E-state index in [2.05, 4.69) is 10.3 Å². The minimum Gasteiger partial charge on any atom is -0.349 e. The topological polar surface area (TPSA) is 46.4 Å². The monoisotopic (exact) mass is 325 g/mol. The number of hydrogen-bond acceptors (Lipinski definition) is 3. The molecule has 0 aliphatic rings. The Kier molecular flexibility index (Phi) is 4.67. The smallest absolute Gasteiger partial charge is 0.233 e. The van der Waals surface area contributed by atoms with Gasteiger partial charge in [-0.2, -0.15) is 0 Å². The number of pyridine rings is 1. The van der Waals surface area contributed by atoms with Crippen LogP contribution in [-0.2, 0) is 4.79 Å². The van der Waals surface area contributed by atoms with Gasteiger partial charge in [0.05, 0.1) is 23.0 Å². The number of nitrogens with zero attached hydrogens (tertiary/aromatic N) is 2. The first-order valence-electron chi connectivity index (χ1n) is 7.59. The van der Waals surface area contributed by atoms with Crippen LogP contribution in [0.4, 0.5) is 0 Å². The summed E-state index contributed by atoms with van der Waals surface area (Å²) in [6.07, 6.45) is 3.78. The molecule has 4 nitrogen and oxygen atoms in total. The molecule has 0 fully saturated rings. The first-order chi connectivity index (χ1) is 11.1. The summed E-state index contributed by atoms with van der Waals surface area (Å²) >= 11 is 1.46. The Hall–Kier alpha value is -2.27. The number of nitrogens with one attached hydrogen (secondary N) is 1. The first kappa shape index (κ1) is 15.6. The molecule has 0 radical (unpaired) electrons. The Balaban J connectivity index is 1.66. The van der Waals surface area contributed by atoms with Crippen LogP contribution in [0.25, 0.3) is 5.52 Å². The van der Waals surface area contributed by atoms with Gasteiger partial charge >= 0.3 is 0 Å². The molecule has 0 unspecified atom stereocenters. The SMILES string of the molecule is C[C@H](Sc1ncc2ccccn12)C(=O)N[C@H](C)c1ccccc1. The number of benzene rings is 1. The van der Waals surface area contributed by atoms with Gasteiger partial charge in [0.2, 0.25) is 5.91 Å². The largest absolute Gasteiger partial charge is 0.349 e. The average Bonchev–Trinajstić information content (AvgIpc) is 2.98. The Morgan fingerprint density at radius 2 is 1.87 bits per heavy atom. The van der Waals surface area contributed by atoms with E-state index in [1.165, 1.54) is 11.8 Å². The maximum atomic E-state index is 12.4. The van der Waals surface area contributed by atoms with Crippen molar-refractivity contribution >= 4 is 23.2 Å². The number of thioether (sulfide) groups is 1. The zero-order valence-corrected chi connectivity index (χ0v) is 14.0. The summed E-state index contributed by atoms with van der Waals surface area (Å²) in [5.74, 6) is 0.0130. The summed E-state index contributed by atoms with van der Waals surface area (Å²) in [4.78, 5) is 16.8. The zero-order valence-electron chi connectivity index (χ0n) is 13.1. The molecule has 23 heavy (non-hydrogen) atoms. The van der Waals surface area contributed by atoms with Gasteiger partial charge in [0.15, 0.2) is 5.16 Å². The molecule has 0 aliphatic heterocycles. The van der Waals surface area contributed by atoms with Gasteiger partial charge in [-0.25, -0.2) is 4.98 Å². The Morgan fingerprint density at radius 3 is 2.65 bits per heavy atom. The maximum absolute atomic E-state index is 12.4. The van der Waals surface area contributed by atoms with E-state index >= 15 is 0 Å². The molecule has 0 saturated carbocycles. The normalized spacial score (nSPS) is 13.7. The van der Waals surface area contributed by atoms with Crippen LogP contribution >= 0.6 is 11.8 Å². The molecule has 2 heterocycles. The van der Waals surface area contributed by atoms with Crippen LogP contribution in [0.5, 0.6) is 0 Å². The van der Waals surface area contributed by atoms with E-state index in [1.54, 1.807) is 0 Å². The summed E-state index contributed by atoms with van der Waals surface area (Å²) in [6, 6.07) is 15.9. The lowest BCUT2D eigenvalue weighted by Gasteiger charge is -2.17. The number of aromatic nitrogens is 2. The molecule has 2 atom stereocenters. The van der Waals surface area contributed by atoms with Gasteiger partial charge < -0.3 is 5.32 Å². The van der Waals surface area contributed by atoms with E-state index < -0.39 is 0 Å². The second-order valence-electron chi connectivity index (χ2n) is 5.44. The van der Waals surface area contributed by atoms with Crippen molar-refractivity contribution in [3.8, 4) is 0 Å². The molecule has 5 heteroatoms. The standard InChI is InChI=1S/C18H19N3OS/c1-13(15-8-4-3-5-9-15)20-17(22)14(2)23-18-19-12-16-10-6-7-11-21(16)18/h3-14H,1-2H3,(H,20,22)/t13-,14+/m1/s1. The van der Waals surface area contributed by atoms with Crippen LogP contribution in [0.15, 0.2) is 66.1 Å². The van der Waals surface area contributed by atoms with Crippen LogP contribution in [0.1, 0.15) is 25.5 Å². The summed E-state index contributed by atoms with van der Waals surface area (Å²) in [7, 11) is 0. The lowest BCUT2D eigenvalue weighted by atomic mass is 10.1. The molecule has 1 amide bonds. The van der Waals surface area contributed by atoms with Crippen molar-refractivity contribution in [1.82, 2.24) is 14.7 Å². The number of imidazole rings is 1. The fourth-order valence-electron chi connectivity index (χ4n) is 2.37. The van der Waals surface area contributed by atoms with Gasteiger partial charge in [-0.3, -0.25) is 9.20 Å². The molecule has 1 N–H and O–H groups in total. The molecular weight excluding hydrogens is 306 g/mol. The first-order valence-corrected chi connectivity index (χ1v) is 8.47. The minimum absolute atomic E-state index is 0.0104. The third-order valence-corrected chi connectivity index (χ3v) is 4.80. The van der Waals surface area contributed by atoms with Gasteiger partial charge in [-0.15, -0.1) is 0 Å². The Morgan fingerprint density at radius 1 is 1.13 bits per heavy atom. The van der Waals surface area contributed by atoms with Gasteiger partial charge in [0.1, 0.15) is 0 Å². The number of amides is 1. The van der Waals surface area contributed by atoms with Crippen molar-refractivity contribution in [3.05, 3.63) is 66.5 Å². The fraction of sp³-hybridized carbons (Fsp3) is 0.222. The third kappa shape index (κ3) is 3.56. The zero-order chi connectivity index (χ0) is 16.2. The van der Waals surface area contributed by atoms with E-state index in [1.807, 2.05) is 79.2 Å². The third-order valence-electron chi connectivity index (χ3n) is 3.71. The summed E-state index contributed by atoms with van der Waals surface area (Å²) in [5, 5.41) is 3.67. The molecule has 1 aromatic carbocycles. The van der Waals surface area contributed by atoms with Crippen LogP contribution in [-0.4, -0.2) is 20.5 Å². The van der Waals surface area contributed by atoms with E-state index in [9.17, 15) is 4.79 Å². The molecule has 0 bridgehead atoms. The summed E-state index contributed by atoms with van der Waals surface area (Å²) < 4.78 is 2.00. The van der Waals surface area contributed by atoms with Gasteiger partial charge in [-0.05, 0) is 31.5 Å². The molecule has 3 aromatic rings. The number of hydrogen-bond donors (Lipinski definition) is 1. The molecule has 3 rings (SSSR count). The molecular formula is C18H19N3OS. The lowest BCUT2D eigenvalue weighted by molar-refractivity contribution is -0.120. The highest BCUT2D eigenvalue weighted by Gasteiger charge is 2.19. The highest BCUT2D eigenvalue weighted by atomic mass is 32.2. The van der Waals surface area contributed by atoms with Crippen molar-refractivity contribution < 1.29 is 4.79 Å². The summed E-state index contributed by atoms with van der Waals surface area (Å²) in [5.41, 5.74) is 2.13. The number of carbonyl (C=O) groups is 1. The number of carbonyl (C=O) groups excluding carboxylic acids is 1. The number of fused-ring (bicyclic) bond motifs is 1. The van der Waals surface area contributed by atoms with Crippen molar-refractivity contribution in [2.45, 2.75) is 30.3 Å². The quantitative estimate of drug-likeness (QED) is 0.728. The summed E-state index contributed by atoms with van der Waals surface area (Å²) in [6.45, 7) is 3.90. The van der Waals surface area contributed by atoms with E-state index in [0.717, 1.165) is 16.2 Å². The minimum atomic E-state index is -0.216. The van der Waals surface area contributed by atoms with Crippen molar-refractivity contribution in [3.63, 3.8) is 0 Å². The molecule has 0 spiro atoms. The van der Waals surface area contributed by atoms with Crippen LogP contribution in [0.3, 0.4) is 0 Å². The van der Waals surface area contributed by atoms with Crippen molar-refractivity contribution in [2.75, 3.05) is 0 Å². The highest BCUT2D eigenvalue weighted by Crippen LogP contribution is 2.24. The van der Waals surface area contributed by atoms with Crippen LogP contribution < -0.4 is 5.32 Å². The van der Waals surface area contributed by atoms with Gasteiger partial charge in [0.25, 0.3) is 0 Å². The number of rotatable bonds is 5. The second-order valence-corrected chi connectivity index (χ2v) is 6.75. The van der Waals surface area contributed by atoms with Gasteiger partial charge in [0, 0.05) is 6.20 Å². The lowest BCUT2D eigenvalue weighted by Crippen LogP contribution is -2.33. The second kappa shape index (κ2) is 6.87. The fourth-order valence-corrected chi connectivity index (χ4v) is 3.26. The van der Waals surface area contributed by atoms with E-state index in [0.29, 0.717) is 0 Å². The van der Waals surface area contributed by atoms with Crippen molar-refractivity contribution in [1.29, 1.82) is 0 Å². The predicted molar refractivity (Wildman–Crippen MR) is 93.5 cm³/mol. The van der Waals surface area contributed by atoms with E-state index in [4.69, 9.17) is 0 Å². The van der Waals surface area contributed by atoms with Crippen LogP contribution in [0.2, 0.25) is 0 Å². The molecule has 118 valence electrons. The Bertz CT molecular complexity index is 800. The molecule has 0 saturated heterocycles. The van der Waals surface area contributed by atoms with Crippen LogP contribution in [0, 0.1) is 0 Å². The average molecular weight is 325 g/mol. The highest BCUT2D eigenvalue weighted by molar-refractivity contribution is 8.00. The van der Waals surface area contributed by atoms with Crippen molar-refractivity contribution in [2.24, 2.45) is 0 Å².